The van der Waals surface area contributed by atoms with Gasteiger partial charge in [-0.25, -0.2) is 4.79 Å². The van der Waals surface area contributed by atoms with E-state index in [4.69, 9.17) is 9.47 Å². The van der Waals surface area contributed by atoms with Crippen LogP contribution in [0.2, 0.25) is 0 Å². The molecule has 0 saturated carbocycles. The second-order valence-corrected chi connectivity index (χ2v) is 4.92. The number of hydrogen-bond donors (Lipinski definition) is 1. The van der Waals surface area contributed by atoms with Gasteiger partial charge in [-0.1, -0.05) is 0 Å². The maximum atomic E-state index is 11.5. The summed E-state index contributed by atoms with van der Waals surface area (Å²) in [4.78, 5) is 22.9. The molecule has 1 rings (SSSR count). The molecule has 1 saturated heterocycles. The van der Waals surface area contributed by atoms with Gasteiger partial charge >= 0.3 is 12.1 Å². The van der Waals surface area contributed by atoms with E-state index in [9.17, 15) is 9.59 Å². The van der Waals surface area contributed by atoms with E-state index in [1.807, 2.05) is 0 Å². The highest BCUT2D eigenvalue weighted by atomic mass is 16.6. The van der Waals surface area contributed by atoms with Crippen LogP contribution in [0.15, 0.2) is 0 Å². The Kier molecular flexibility index (Phi) is 4.34. The molecule has 0 aliphatic carbocycles. The number of rotatable bonds is 2. The first-order valence-electron chi connectivity index (χ1n) is 5.48. The second-order valence-electron chi connectivity index (χ2n) is 4.92. The molecular weight excluding hydrogens is 226 g/mol. The van der Waals surface area contributed by atoms with Gasteiger partial charge in [-0.2, -0.15) is 0 Å². The van der Waals surface area contributed by atoms with Crippen LogP contribution < -0.4 is 5.32 Å². The minimum atomic E-state index is -0.565. The topological polar surface area (TPSA) is 73.9 Å². The van der Waals surface area contributed by atoms with Crippen LogP contribution >= 0.6 is 0 Å². The van der Waals surface area contributed by atoms with Gasteiger partial charge in [0.1, 0.15) is 11.5 Å². The predicted molar refractivity (Wildman–Crippen MR) is 59.5 cm³/mol. The van der Waals surface area contributed by atoms with Crippen LogP contribution in [0.5, 0.6) is 0 Å². The van der Waals surface area contributed by atoms with Crippen molar-refractivity contribution in [3.8, 4) is 0 Å². The fraction of sp³-hybridized carbons (Fsp3) is 0.818. The Balaban J connectivity index is 2.50. The van der Waals surface area contributed by atoms with Gasteiger partial charge in [-0.15, -0.1) is 0 Å². The van der Waals surface area contributed by atoms with Crippen LogP contribution in [0.1, 0.15) is 20.8 Å². The molecule has 6 nitrogen and oxygen atoms in total. The van der Waals surface area contributed by atoms with Crippen molar-refractivity contribution in [2.45, 2.75) is 32.4 Å². The molecule has 0 unspecified atom stereocenters. The Morgan fingerprint density at radius 2 is 1.94 bits per heavy atom. The molecule has 17 heavy (non-hydrogen) atoms. The number of nitrogens with one attached hydrogen (secondary N) is 1. The lowest BCUT2D eigenvalue weighted by Gasteiger charge is -2.22. The zero-order valence-corrected chi connectivity index (χ0v) is 10.6. The van der Waals surface area contributed by atoms with Crippen molar-refractivity contribution in [2.24, 2.45) is 5.92 Å². The van der Waals surface area contributed by atoms with Gasteiger partial charge in [-0.3, -0.25) is 4.79 Å². The van der Waals surface area contributed by atoms with Crippen molar-refractivity contribution < 1.29 is 23.8 Å². The number of hydrogen-bond acceptors (Lipinski definition) is 5. The summed E-state index contributed by atoms with van der Waals surface area (Å²) in [5.41, 5.74) is -0.565. The molecular formula is C11H19NO5. The summed E-state index contributed by atoms with van der Waals surface area (Å²) >= 11 is 0. The van der Waals surface area contributed by atoms with Gasteiger partial charge in [0.2, 0.25) is 0 Å². The maximum Gasteiger partial charge on any atom is 0.407 e. The molecule has 1 heterocycles. The summed E-state index contributed by atoms with van der Waals surface area (Å²) in [7, 11) is 1.31. The molecule has 2 atom stereocenters. The molecule has 1 aliphatic rings. The smallest absolute Gasteiger partial charge is 0.407 e. The summed E-state index contributed by atoms with van der Waals surface area (Å²) in [6.07, 6.45) is -0.554. The van der Waals surface area contributed by atoms with Gasteiger partial charge < -0.3 is 19.5 Å². The highest BCUT2D eigenvalue weighted by Gasteiger charge is 2.36. The first kappa shape index (κ1) is 13.8. The van der Waals surface area contributed by atoms with Crippen LogP contribution in [0.4, 0.5) is 4.79 Å². The third-order valence-corrected chi connectivity index (χ3v) is 2.29. The third kappa shape index (κ3) is 4.22. The van der Waals surface area contributed by atoms with Crippen LogP contribution in [0.25, 0.3) is 0 Å². The maximum absolute atomic E-state index is 11.5. The van der Waals surface area contributed by atoms with Crippen LogP contribution in [0.3, 0.4) is 0 Å². The monoisotopic (exact) mass is 245 g/mol. The highest BCUT2D eigenvalue weighted by Crippen LogP contribution is 2.16. The van der Waals surface area contributed by atoms with Crippen molar-refractivity contribution in [3.63, 3.8) is 0 Å². The van der Waals surface area contributed by atoms with Gasteiger partial charge in [0.05, 0.1) is 26.4 Å². The summed E-state index contributed by atoms with van der Waals surface area (Å²) < 4.78 is 14.9. The molecule has 0 radical (unpaired) electrons. The number of amides is 1. The normalized spacial score (nSPS) is 24.2. The second kappa shape index (κ2) is 5.35. The average Bonchev–Trinajstić information content (AvgIpc) is 2.61. The Labute approximate surface area is 101 Å². The summed E-state index contributed by atoms with van der Waals surface area (Å²) in [6, 6.07) is -0.391. The van der Waals surface area contributed by atoms with Gasteiger partial charge in [-0.05, 0) is 20.8 Å². The van der Waals surface area contributed by atoms with Crippen molar-refractivity contribution in [3.05, 3.63) is 0 Å². The number of alkyl carbamates (subject to hydrolysis) is 1. The minimum absolute atomic E-state index is 0.257. The molecule has 0 bridgehead atoms. The number of carbonyl (C=O) groups excluding carboxylic acids is 2. The van der Waals surface area contributed by atoms with Crippen molar-refractivity contribution in [2.75, 3.05) is 20.3 Å². The van der Waals surface area contributed by atoms with E-state index in [-0.39, 0.29) is 12.6 Å². The number of carbonyl (C=O) groups is 2. The Morgan fingerprint density at radius 1 is 1.29 bits per heavy atom. The molecule has 1 N–H and O–H groups in total. The lowest BCUT2D eigenvalue weighted by Crippen LogP contribution is -2.45. The van der Waals surface area contributed by atoms with E-state index in [2.05, 4.69) is 10.1 Å². The van der Waals surface area contributed by atoms with E-state index in [0.29, 0.717) is 6.61 Å². The van der Waals surface area contributed by atoms with Gasteiger partial charge in [0.15, 0.2) is 0 Å². The molecule has 1 amide bonds. The fourth-order valence-electron chi connectivity index (χ4n) is 1.54. The number of methoxy groups -OCH3 is 1. The zero-order chi connectivity index (χ0) is 13.1. The standard InChI is InChI=1S/C11H19NO5/c1-11(2,3)17-10(14)12-8-6-16-5-7(8)9(13)15-4/h7-8H,5-6H2,1-4H3,(H,12,14)/t7-,8-/m1/s1. The van der Waals surface area contributed by atoms with Gasteiger partial charge in [0, 0.05) is 0 Å². The molecule has 98 valence electrons. The average molecular weight is 245 g/mol. The molecule has 0 aromatic carbocycles. The summed E-state index contributed by atoms with van der Waals surface area (Å²) in [5.74, 6) is -0.851. The lowest BCUT2D eigenvalue weighted by atomic mass is 10.0. The molecule has 0 aromatic rings. The van der Waals surface area contributed by atoms with E-state index >= 15 is 0 Å². The van der Waals surface area contributed by atoms with Crippen LogP contribution in [-0.2, 0) is 19.0 Å². The van der Waals surface area contributed by atoms with E-state index < -0.39 is 23.7 Å². The minimum Gasteiger partial charge on any atom is -0.469 e. The van der Waals surface area contributed by atoms with Crippen LogP contribution in [-0.4, -0.2) is 44.0 Å². The van der Waals surface area contributed by atoms with Crippen molar-refractivity contribution in [1.29, 1.82) is 0 Å². The van der Waals surface area contributed by atoms with E-state index in [1.165, 1.54) is 7.11 Å². The Hall–Kier alpha value is -1.30. The quantitative estimate of drug-likeness (QED) is 0.725. The highest BCUT2D eigenvalue weighted by molar-refractivity contribution is 5.75. The van der Waals surface area contributed by atoms with E-state index in [1.54, 1.807) is 20.8 Å². The molecule has 6 heteroatoms. The SMILES string of the molecule is COC(=O)[C@@H]1COC[C@H]1NC(=O)OC(C)(C)C. The van der Waals surface area contributed by atoms with E-state index in [0.717, 1.165) is 0 Å². The number of ether oxygens (including phenoxy) is 3. The fourth-order valence-corrected chi connectivity index (χ4v) is 1.54. The molecule has 0 spiro atoms. The Morgan fingerprint density at radius 3 is 2.47 bits per heavy atom. The van der Waals surface area contributed by atoms with Crippen molar-refractivity contribution >= 4 is 12.1 Å². The molecule has 1 aliphatic heterocycles. The van der Waals surface area contributed by atoms with Gasteiger partial charge in [0.25, 0.3) is 0 Å². The molecule has 0 aromatic heterocycles. The largest absolute Gasteiger partial charge is 0.469 e. The predicted octanol–water partition coefficient (Wildman–Crippen LogP) is 0.699. The third-order valence-electron chi connectivity index (χ3n) is 2.29. The number of esters is 1. The first-order valence-corrected chi connectivity index (χ1v) is 5.48. The van der Waals surface area contributed by atoms with Crippen LogP contribution in [0, 0.1) is 5.92 Å². The van der Waals surface area contributed by atoms with Crippen molar-refractivity contribution in [1.82, 2.24) is 5.32 Å². The summed E-state index contributed by atoms with van der Waals surface area (Å²) in [6.45, 7) is 5.87. The zero-order valence-electron chi connectivity index (χ0n) is 10.6. The first-order chi connectivity index (χ1) is 7.83. The Bertz CT molecular complexity index is 297. The summed E-state index contributed by atoms with van der Waals surface area (Å²) in [5, 5.41) is 2.61. The lowest BCUT2D eigenvalue weighted by molar-refractivity contribution is -0.145. The molecule has 1 fully saturated rings.